The van der Waals surface area contributed by atoms with E-state index >= 15 is 0 Å². The van der Waals surface area contributed by atoms with Crippen molar-refractivity contribution in [2.45, 2.75) is 19.1 Å². The molecule has 0 radical (unpaired) electrons. The van der Waals surface area contributed by atoms with Gasteiger partial charge in [0, 0.05) is 5.56 Å². The van der Waals surface area contributed by atoms with Gasteiger partial charge in [-0.05, 0) is 30.7 Å². The summed E-state index contributed by atoms with van der Waals surface area (Å²) in [6.45, 7) is 0.798. The van der Waals surface area contributed by atoms with Crippen molar-refractivity contribution in [1.82, 2.24) is 5.32 Å². The number of hydrogen-bond acceptors (Lipinski definition) is 6. The van der Waals surface area contributed by atoms with Gasteiger partial charge in [-0.2, -0.15) is 0 Å². The highest BCUT2D eigenvalue weighted by Crippen LogP contribution is 2.39. The van der Waals surface area contributed by atoms with E-state index in [1.165, 1.54) is 14.2 Å². The summed E-state index contributed by atoms with van der Waals surface area (Å²) in [5.41, 5.74) is 1.29. The number of nitrogens with one attached hydrogen (secondary N) is 1. The first-order valence-electron chi connectivity index (χ1n) is 8.98. The summed E-state index contributed by atoms with van der Waals surface area (Å²) in [4.78, 5) is 24.3. The van der Waals surface area contributed by atoms with Crippen molar-refractivity contribution in [3.63, 3.8) is 0 Å². The lowest BCUT2D eigenvalue weighted by molar-refractivity contribution is -0.141. The summed E-state index contributed by atoms with van der Waals surface area (Å²) >= 11 is 0. The Morgan fingerprint density at radius 3 is 2.32 bits per heavy atom. The Morgan fingerprint density at radius 1 is 1.11 bits per heavy atom. The molecule has 2 aromatic rings. The molecule has 1 saturated heterocycles. The number of hydrogen-bond donors (Lipinski definition) is 2. The maximum atomic E-state index is 12.9. The molecule has 0 amide bonds. The van der Waals surface area contributed by atoms with Gasteiger partial charge in [0.25, 0.3) is 0 Å². The van der Waals surface area contributed by atoms with E-state index in [1.807, 2.05) is 30.3 Å². The van der Waals surface area contributed by atoms with Crippen molar-refractivity contribution in [2.75, 3.05) is 20.8 Å². The van der Waals surface area contributed by atoms with Crippen molar-refractivity contribution in [3.8, 4) is 17.2 Å². The molecule has 2 atom stereocenters. The van der Waals surface area contributed by atoms with Crippen molar-refractivity contribution >= 4 is 11.8 Å². The predicted octanol–water partition coefficient (Wildman–Crippen LogP) is 2.53. The Kier molecular flexibility index (Phi) is 6.16. The second-order valence-corrected chi connectivity index (χ2v) is 6.51. The van der Waals surface area contributed by atoms with Gasteiger partial charge in [-0.1, -0.05) is 30.3 Å². The number of ether oxygens (including phenoxy) is 3. The third kappa shape index (κ3) is 4.09. The van der Waals surface area contributed by atoms with Crippen LogP contribution < -0.4 is 19.5 Å². The van der Waals surface area contributed by atoms with E-state index in [0.717, 1.165) is 5.56 Å². The molecule has 7 heteroatoms. The number of carboxylic acid groups (broad SMARTS) is 1. The lowest BCUT2D eigenvalue weighted by Gasteiger charge is -2.18. The fourth-order valence-electron chi connectivity index (χ4n) is 3.32. The average Bonchev–Trinajstić information content (AvgIpc) is 3.22. The third-order valence-electron chi connectivity index (χ3n) is 4.79. The molecule has 2 aromatic carbocycles. The molecule has 2 N–H and O–H groups in total. The van der Waals surface area contributed by atoms with E-state index in [9.17, 15) is 14.7 Å². The molecule has 28 heavy (non-hydrogen) atoms. The maximum absolute atomic E-state index is 12.9. The topological polar surface area (TPSA) is 94.1 Å². The highest BCUT2D eigenvalue weighted by atomic mass is 16.5. The van der Waals surface area contributed by atoms with Crippen molar-refractivity contribution in [3.05, 3.63) is 53.6 Å². The molecule has 1 aliphatic rings. The van der Waals surface area contributed by atoms with Gasteiger partial charge in [-0.25, -0.2) is 0 Å². The Labute approximate surface area is 163 Å². The van der Waals surface area contributed by atoms with Gasteiger partial charge < -0.3 is 24.6 Å². The average molecular weight is 385 g/mol. The van der Waals surface area contributed by atoms with Gasteiger partial charge in [0.05, 0.1) is 26.2 Å². The maximum Gasteiger partial charge on any atom is 0.308 e. The molecule has 1 unspecified atom stereocenters. The van der Waals surface area contributed by atoms with Crippen molar-refractivity contribution < 1.29 is 28.9 Å². The van der Waals surface area contributed by atoms with Crippen LogP contribution >= 0.6 is 0 Å². The van der Waals surface area contributed by atoms with Gasteiger partial charge >= 0.3 is 5.97 Å². The molecule has 148 valence electrons. The number of Topliss-reactive ketones (excluding diaryl/α,β-unsaturated/α-hetero) is 1. The zero-order valence-electron chi connectivity index (χ0n) is 15.8. The smallest absolute Gasteiger partial charge is 0.308 e. The second kappa shape index (κ2) is 8.75. The molecule has 0 saturated carbocycles. The van der Waals surface area contributed by atoms with Crippen LogP contribution in [0.5, 0.6) is 17.2 Å². The number of rotatable bonds is 8. The molecule has 0 aliphatic carbocycles. The third-order valence-corrected chi connectivity index (χ3v) is 4.79. The van der Waals surface area contributed by atoms with Gasteiger partial charge in [-0.15, -0.1) is 0 Å². The second-order valence-electron chi connectivity index (χ2n) is 6.51. The molecular weight excluding hydrogens is 362 g/mol. The Hall–Kier alpha value is -3.06. The summed E-state index contributed by atoms with van der Waals surface area (Å²) in [5, 5.41) is 12.3. The SMILES string of the molecule is COc1cc(C(=O)C2NCC[C@H]2C(=O)O)cc(OC)c1OCc1ccccc1. The molecule has 3 rings (SSSR count). The van der Waals surface area contributed by atoms with Crippen LogP contribution in [0.2, 0.25) is 0 Å². The van der Waals surface area contributed by atoms with Crippen LogP contribution in [0.25, 0.3) is 0 Å². The molecule has 0 bridgehead atoms. The lowest BCUT2D eigenvalue weighted by Crippen LogP contribution is -2.38. The Balaban J connectivity index is 1.88. The van der Waals surface area contributed by atoms with Crippen molar-refractivity contribution in [1.29, 1.82) is 0 Å². The minimum Gasteiger partial charge on any atom is -0.493 e. The standard InChI is InChI=1S/C21H23NO6/c1-26-16-10-14(19(23)18-15(21(24)25)8-9-22-18)11-17(27-2)20(16)28-12-13-6-4-3-5-7-13/h3-7,10-11,15,18,22H,8-9,12H2,1-2H3,(H,24,25)/t15-,18?/m1/s1. The molecule has 1 fully saturated rings. The quantitative estimate of drug-likeness (QED) is 0.675. The monoisotopic (exact) mass is 385 g/mol. The van der Waals surface area contributed by atoms with Gasteiger partial charge in [0.15, 0.2) is 17.3 Å². The Bertz CT molecular complexity index is 826. The number of methoxy groups -OCH3 is 2. The number of carbonyl (C=O) groups is 2. The summed E-state index contributed by atoms with van der Waals surface area (Å²) in [6, 6.07) is 12.0. The van der Waals surface area contributed by atoms with E-state index in [4.69, 9.17) is 14.2 Å². The van der Waals surface area contributed by atoms with Crippen molar-refractivity contribution in [2.24, 2.45) is 5.92 Å². The minimum atomic E-state index is -0.981. The number of ketones is 1. The zero-order chi connectivity index (χ0) is 20.1. The first kappa shape index (κ1) is 19.7. The Morgan fingerprint density at radius 2 is 1.75 bits per heavy atom. The van der Waals surface area contributed by atoms with Crippen LogP contribution in [0.1, 0.15) is 22.3 Å². The molecule has 0 aromatic heterocycles. The first-order valence-corrected chi connectivity index (χ1v) is 8.98. The fraction of sp³-hybridized carbons (Fsp3) is 0.333. The molecule has 0 spiro atoms. The number of carbonyl (C=O) groups excluding carboxylic acids is 1. The normalized spacial score (nSPS) is 18.5. The van der Waals surface area contributed by atoms with Gasteiger partial charge in [0.1, 0.15) is 6.61 Å². The zero-order valence-corrected chi connectivity index (χ0v) is 15.8. The van der Waals surface area contributed by atoms with Crippen LogP contribution in [-0.4, -0.2) is 43.7 Å². The fourth-order valence-corrected chi connectivity index (χ4v) is 3.32. The highest BCUT2D eigenvalue weighted by Gasteiger charge is 2.38. The van der Waals surface area contributed by atoms with Gasteiger partial charge in [-0.3, -0.25) is 9.59 Å². The largest absolute Gasteiger partial charge is 0.493 e. The molecule has 1 aliphatic heterocycles. The minimum absolute atomic E-state index is 0.309. The summed E-state index contributed by atoms with van der Waals surface area (Å²) < 4.78 is 16.7. The van der Waals surface area contributed by atoms with E-state index < -0.39 is 17.9 Å². The number of aliphatic carboxylic acids is 1. The predicted molar refractivity (Wildman–Crippen MR) is 102 cm³/mol. The molecule has 1 heterocycles. The van der Waals surface area contributed by atoms with E-state index in [2.05, 4.69) is 5.32 Å². The molecular formula is C21H23NO6. The number of carboxylic acids is 1. The van der Waals surface area contributed by atoms with E-state index in [0.29, 0.717) is 42.4 Å². The number of benzene rings is 2. The van der Waals surface area contributed by atoms with Crippen LogP contribution in [0, 0.1) is 5.92 Å². The van der Waals surface area contributed by atoms with Crippen LogP contribution in [-0.2, 0) is 11.4 Å². The van der Waals surface area contributed by atoms with Gasteiger partial charge in [0.2, 0.25) is 5.75 Å². The highest BCUT2D eigenvalue weighted by molar-refractivity contribution is 6.03. The van der Waals surface area contributed by atoms with Crippen LogP contribution in [0.3, 0.4) is 0 Å². The summed E-state index contributed by atoms with van der Waals surface area (Å²) in [7, 11) is 2.96. The first-order chi connectivity index (χ1) is 13.5. The van der Waals surface area contributed by atoms with E-state index in [-0.39, 0.29) is 5.78 Å². The van der Waals surface area contributed by atoms with E-state index in [1.54, 1.807) is 12.1 Å². The van der Waals surface area contributed by atoms with Crippen LogP contribution in [0.4, 0.5) is 0 Å². The van der Waals surface area contributed by atoms with Crippen LogP contribution in [0.15, 0.2) is 42.5 Å². The summed E-state index contributed by atoms with van der Waals surface area (Å²) in [5.74, 6) is -0.953. The lowest BCUT2D eigenvalue weighted by atomic mass is 9.93. The molecule has 7 nitrogen and oxygen atoms in total. The summed E-state index contributed by atoms with van der Waals surface area (Å²) in [6.07, 6.45) is 0.415.